The summed E-state index contributed by atoms with van der Waals surface area (Å²) < 4.78 is 0. The van der Waals surface area contributed by atoms with Crippen molar-refractivity contribution in [3.05, 3.63) is 34.9 Å². The minimum Gasteiger partial charge on any atom is -0.349 e. The molecule has 3 N–H and O–H groups in total. The van der Waals surface area contributed by atoms with E-state index in [0.717, 1.165) is 18.4 Å². The molecule has 1 amide bonds. The Hall–Kier alpha value is -1.06. The molecule has 1 aromatic carbocycles. The van der Waals surface area contributed by atoms with Crippen LogP contribution in [0.1, 0.15) is 45.2 Å². The number of hydrogen-bond acceptors (Lipinski definition) is 2. The predicted octanol–water partition coefficient (Wildman–Crippen LogP) is 3.28. The first-order chi connectivity index (χ1) is 9.00. The van der Waals surface area contributed by atoms with Gasteiger partial charge in [-0.25, -0.2) is 0 Å². The number of benzene rings is 1. The molecule has 1 rings (SSSR count). The summed E-state index contributed by atoms with van der Waals surface area (Å²) in [6, 6.07) is 7.43. The summed E-state index contributed by atoms with van der Waals surface area (Å²) >= 11 is 6.14. The van der Waals surface area contributed by atoms with Gasteiger partial charge in [-0.1, -0.05) is 43.6 Å². The predicted molar refractivity (Wildman–Crippen MR) is 80.1 cm³/mol. The average molecular weight is 283 g/mol. The van der Waals surface area contributed by atoms with Gasteiger partial charge in [0.05, 0.1) is 11.5 Å². The second-order valence-corrected chi connectivity index (χ2v) is 5.32. The van der Waals surface area contributed by atoms with Gasteiger partial charge in [0.25, 0.3) is 0 Å². The summed E-state index contributed by atoms with van der Waals surface area (Å²) in [6.07, 6.45) is 1.47. The average Bonchev–Trinajstić information content (AvgIpc) is 2.41. The molecule has 0 bridgehead atoms. The number of carbonyl (C=O) groups is 1. The van der Waals surface area contributed by atoms with E-state index in [9.17, 15) is 4.79 Å². The molecule has 0 heterocycles. The topological polar surface area (TPSA) is 55.1 Å². The molecule has 106 valence electrons. The molecule has 1 aromatic rings. The van der Waals surface area contributed by atoms with Crippen molar-refractivity contribution in [3.63, 3.8) is 0 Å². The zero-order chi connectivity index (χ0) is 14.5. The summed E-state index contributed by atoms with van der Waals surface area (Å²) in [6.45, 7) is 6.29. The van der Waals surface area contributed by atoms with Crippen molar-refractivity contribution in [1.29, 1.82) is 0 Å². The first-order valence-electron chi connectivity index (χ1n) is 6.76. The van der Waals surface area contributed by atoms with Gasteiger partial charge in [-0.2, -0.15) is 0 Å². The van der Waals surface area contributed by atoms with E-state index in [4.69, 9.17) is 17.3 Å². The highest BCUT2D eigenvalue weighted by Crippen LogP contribution is 2.28. The van der Waals surface area contributed by atoms with E-state index in [0.29, 0.717) is 11.6 Å². The lowest BCUT2D eigenvalue weighted by molar-refractivity contribution is -0.131. The fourth-order valence-corrected chi connectivity index (χ4v) is 2.51. The van der Waals surface area contributed by atoms with E-state index < -0.39 is 5.41 Å². The van der Waals surface area contributed by atoms with Crippen molar-refractivity contribution in [1.82, 2.24) is 5.32 Å². The molecule has 0 spiro atoms. The third kappa shape index (κ3) is 3.48. The smallest absolute Gasteiger partial charge is 0.227 e. The van der Waals surface area contributed by atoms with Crippen molar-refractivity contribution in [2.45, 2.75) is 39.7 Å². The van der Waals surface area contributed by atoms with E-state index >= 15 is 0 Å². The number of nitrogens with two attached hydrogens (primary N) is 1. The third-order valence-electron chi connectivity index (χ3n) is 3.95. The Labute approximate surface area is 120 Å². The number of carbonyl (C=O) groups excluding carboxylic acids is 1. The molecule has 19 heavy (non-hydrogen) atoms. The molecular weight excluding hydrogens is 260 g/mol. The quantitative estimate of drug-likeness (QED) is 0.841. The maximum absolute atomic E-state index is 12.4. The van der Waals surface area contributed by atoms with Gasteiger partial charge in [0.2, 0.25) is 5.91 Å². The van der Waals surface area contributed by atoms with Crippen LogP contribution in [0.3, 0.4) is 0 Å². The van der Waals surface area contributed by atoms with Gasteiger partial charge in [-0.05, 0) is 31.4 Å². The van der Waals surface area contributed by atoms with Crippen molar-refractivity contribution >= 4 is 17.5 Å². The maximum Gasteiger partial charge on any atom is 0.227 e. The van der Waals surface area contributed by atoms with Crippen LogP contribution >= 0.6 is 11.6 Å². The zero-order valence-corrected chi connectivity index (χ0v) is 12.6. The minimum absolute atomic E-state index is 0.00687. The third-order valence-corrected chi connectivity index (χ3v) is 4.29. The van der Waals surface area contributed by atoms with Gasteiger partial charge in [0, 0.05) is 11.6 Å². The van der Waals surface area contributed by atoms with Gasteiger partial charge >= 0.3 is 0 Å². The number of rotatable bonds is 6. The van der Waals surface area contributed by atoms with Crippen molar-refractivity contribution in [2.24, 2.45) is 11.1 Å². The van der Waals surface area contributed by atoms with Crippen LogP contribution in [0.5, 0.6) is 0 Å². The summed E-state index contributed by atoms with van der Waals surface area (Å²) in [7, 11) is 0. The highest BCUT2D eigenvalue weighted by atomic mass is 35.5. The fourth-order valence-electron chi connectivity index (χ4n) is 2.21. The number of amides is 1. The molecule has 0 aliphatic carbocycles. The van der Waals surface area contributed by atoms with Gasteiger partial charge in [-0.3, -0.25) is 4.79 Å². The highest BCUT2D eigenvalue weighted by Gasteiger charge is 2.34. The Morgan fingerprint density at radius 3 is 2.42 bits per heavy atom. The fraction of sp³-hybridized carbons (Fsp3) is 0.533. The SMILES string of the molecule is CCC(CC)(CN)C(=O)N[C@H](C)c1ccccc1Cl. The van der Waals surface area contributed by atoms with Crippen LogP contribution in [0.2, 0.25) is 5.02 Å². The summed E-state index contributed by atoms with van der Waals surface area (Å²) in [4.78, 5) is 12.4. The summed E-state index contributed by atoms with van der Waals surface area (Å²) in [5.41, 5.74) is 6.24. The van der Waals surface area contributed by atoms with Gasteiger partial charge in [-0.15, -0.1) is 0 Å². The lowest BCUT2D eigenvalue weighted by Crippen LogP contribution is -2.46. The summed E-state index contributed by atoms with van der Waals surface area (Å²) in [5.74, 6) is 0.00687. The second-order valence-electron chi connectivity index (χ2n) is 4.91. The minimum atomic E-state index is -0.477. The number of nitrogens with one attached hydrogen (secondary N) is 1. The van der Waals surface area contributed by atoms with Crippen molar-refractivity contribution in [2.75, 3.05) is 6.54 Å². The van der Waals surface area contributed by atoms with Crippen molar-refractivity contribution < 1.29 is 4.79 Å². The van der Waals surface area contributed by atoms with Crippen LogP contribution in [0.4, 0.5) is 0 Å². The van der Waals surface area contributed by atoms with Gasteiger partial charge < -0.3 is 11.1 Å². The van der Waals surface area contributed by atoms with Gasteiger partial charge in [0.15, 0.2) is 0 Å². The molecule has 0 saturated heterocycles. The molecule has 4 heteroatoms. The molecule has 0 fully saturated rings. The molecule has 0 aliphatic heterocycles. The standard InChI is InChI=1S/C15H23ClN2O/c1-4-15(5-2,10-17)14(19)18-11(3)12-8-6-7-9-13(12)16/h6-9,11H,4-5,10,17H2,1-3H3,(H,18,19)/t11-/m1/s1. The van der Waals surface area contributed by atoms with Crippen LogP contribution in [0.25, 0.3) is 0 Å². The van der Waals surface area contributed by atoms with E-state index in [2.05, 4.69) is 5.32 Å². The number of hydrogen-bond donors (Lipinski definition) is 2. The van der Waals surface area contributed by atoms with Crippen LogP contribution in [-0.4, -0.2) is 12.5 Å². The van der Waals surface area contributed by atoms with E-state index in [1.165, 1.54) is 0 Å². The summed E-state index contributed by atoms with van der Waals surface area (Å²) in [5, 5.41) is 3.70. The van der Waals surface area contributed by atoms with Crippen LogP contribution in [0, 0.1) is 5.41 Å². The van der Waals surface area contributed by atoms with Crippen molar-refractivity contribution in [3.8, 4) is 0 Å². The molecular formula is C15H23ClN2O. The Kier molecular flexibility index (Phi) is 5.83. The lowest BCUT2D eigenvalue weighted by Gasteiger charge is -2.30. The molecule has 3 nitrogen and oxygen atoms in total. The molecule has 0 unspecified atom stereocenters. The first-order valence-corrected chi connectivity index (χ1v) is 7.14. The zero-order valence-electron chi connectivity index (χ0n) is 11.9. The first kappa shape index (κ1) is 16.0. The number of halogens is 1. The van der Waals surface area contributed by atoms with Crippen LogP contribution < -0.4 is 11.1 Å². The normalized spacial score (nSPS) is 13.1. The van der Waals surface area contributed by atoms with E-state index in [1.807, 2.05) is 45.0 Å². The van der Waals surface area contributed by atoms with Gasteiger partial charge in [0.1, 0.15) is 0 Å². The largest absolute Gasteiger partial charge is 0.349 e. The van der Waals surface area contributed by atoms with E-state index in [-0.39, 0.29) is 11.9 Å². The Morgan fingerprint density at radius 2 is 1.95 bits per heavy atom. The molecule has 0 radical (unpaired) electrons. The Morgan fingerprint density at radius 1 is 1.37 bits per heavy atom. The molecule has 1 atom stereocenters. The maximum atomic E-state index is 12.4. The van der Waals surface area contributed by atoms with Crippen LogP contribution in [-0.2, 0) is 4.79 Å². The highest BCUT2D eigenvalue weighted by molar-refractivity contribution is 6.31. The van der Waals surface area contributed by atoms with Crippen LogP contribution in [0.15, 0.2) is 24.3 Å². The molecule has 0 aromatic heterocycles. The van der Waals surface area contributed by atoms with E-state index in [1.54, 1.807) is 0 Å². The molecule has 0 aliphatic rings. The Balaban J connectivity index is 2.85. The molecule has 0 saturated carbocycles. The second kappa shape index (κ2) is 6.92. The monoisotopic (exact) mass is 282 g/mol. The Bertz CT molecular complexity index is 422. The lowest BCUT2D eigenvalue weighted by atomic mass is 9.81.